The van der Waals surface area contributed by atoms with Crippen molar-refractivity contribution >= 4 is 17.3 Å². The van der Waals surface area contributed by atoms with Crippen molar-refractivity contribution in [1.29, 1.82) is 0 Å². The molecule has 1 aliphatic heterocycles. The molecule has 2 fully saturated rings. The number of unbranched alkanes of at least 4 members (excludes halogenated alkanes) is 1. The molecular formula is C23H36N2O2. The van der Waals surface area contributed by atoms with Gasteiger partial charge in [-0.25, -0.2) is 0 Å². The van der Waals surface area contributed by atoms with Crippen LogP contribution >= 0.6 is 0 Å². The van der Waals surface area contributed by atoms with Crippen LogP contribution in [0, 0.1) is 11.8 Å². The molecule has 4 heteroatoms. The van der Waals surface area contributed by atoms with Crippen molar-refractivity contribution in [3.05, 3.63) is 24.3 Å². The number of piperidine rings is 1. The van der Waals surface area contributed by atoms with Gasteiger partial charge in [-0.3, -0.25) is 4.79 Å². The SMILES string of the molecule is CCCCC1CCC(C(=O)Nc2ccc(N3CCCC(OC)C3)cc2)CC1. The molecule has 1 atom stereocenters. The van der Waals surface area contributed by atoms with Gasteiger partial charge in [0.1, 0.15) is 0 Å². The molecule has 0 radical (unpaired) electrons. The maximum Gasteiger partial charge on any atom is 0.227 e. The van der Waals surface area contributed by atoms with Crippen molar-refractivity contribution in [1.82, 2.24) is 0 Å². The highest BCUT2D eigenvalue weighted by molar-refractivity contribution is 5.92. The fourth-order valence-corrected chi connectivity index (χ4v) is 4.57. The van der Waals surface area contributed by atoms with E-state index in [-0.39, 0.29) is 11.8 Å². The van der Waals surface area contributed by atoms with E-state index in [1.807, 2.05) is 12.1 Å². The average molecular weight is 373 g/mol. The van der Waals surface area contributed by atoms with Crippen LogP contribution < -0.4 is 10.2 Å². The molecule has 2 aliphatic rings. The third-order valence-corrected chi connectivity index (χ3v) is 6.39. The Morgan fingerprint density at radius 3 is 2.56 bits per heavy atom. The molecule has 1 unspecified atom stereocenters. The lowest BCUT2D eigenvalue weighted by molar-refractivity contribution is -0.121. The van der Waals surface area contributed by atoms with E-state index in [9.17, 15) is 4.79 Å². The van der Waals surface area contributed by atoms with Gasteiger partial charge in [0.15, 0.2) is 0 Å². The summed E-state index contributed by atoms with van der Waals surface area (Å²) in [4.78, 5) is 15.0. The van der Waals surface area contributed by atoms with Crippen molar-refractivity contribution in [2.24, 2.45) is 11.8 Å². The number of rotatable bonds is 7. The Morgan fingerprint density at radius 2 is 1.89 bits per heavy atom. The van der Waals surface area contributed by atoms with Crippen LogP contribution in [0.1, 0.15) is 64.7 Å². The molecule has 1 saturated carbocycles. The minimum absolute atomic E-state index is 0.187. The smallest absolute Gasteiger partial charge is 0.227 e. The van der Waals surface area contributed by atoms with E-state index in [0.29, 0.717) is 6.10 Å². The van der Waals surface area contributed by atoms with Gasteiger partial charge in [0, 0.05) is 37.5 Å². The summed E-state index contributed by atoms with van der Waals surface area (Å²) in [7, 11) is 1.80. The second kappa shape index (κ2) is 10.1. The maximum absolute atomic E-state index is 12.6. The molecule has 1 heterocycles. The number of carbonyl (C=O) groups excluding carboxylic acids is 1. The summed E-state index contributed by atoms with van der Waals surface area (Å²) in [5.41, 5.74) is 2.13. The van der Waals surface area contributed by atoms with Crippen molar-refractivity contribution in [2.75, 3.05) is 30.4 Å². The zero-order valence-electron chi connectivity index (χ0n) is 17.1. The van der Waals surface area contributed by atoms with E-state index in [0.717, 1.165) is 50.4 Å². The minimum Gasteiger partial charge on any atom is -0.380 e. The van der Waals surface area contributed by atoms with E-state index in [2.05, 4.69) is 29.3 Å². The van der Waals surface area contributed by atoms with Crippen LogP contribution in [0.5, 0.6) is 0 Å². The molecule has 1 saturated heterocycles. The first-order valence-electron chi connectivity index (χ1n) is 10.9. The Bertz CT molecular complexity index is 579. The lowest BCUT2D eigenvalue weighted by Gasteiger charge is -2.33. The Balaban J connectivity index is 1.47. The first-order chi connectivity index (χ1) is 13.2. The number of hydrogen-bond donors (Lipinski definition) is 1. The highest BCUT2D eigenvalue weighted by Gasteiger charge is 2.26. The van der Waals surface area contributed by atoms with Crippen LogP contribution in [0.15, 0.2) is 24.3 Å². The van der Waals surface area contributed by atoms with Gasteiger partial charge in [-0.15, -0.1) is 0 Å². The summed E-state index contributed by atoms with van der Waals surface area (Å²) in [5.74, 6) is 1.23. The molecule has 3 rings (SSSR count). The molecule has 0 spiro atoms. The summed E-state index contributed by atoms with van der Waals surface area (Å²) in [6.07, 6.45) is 11.1. The fourth-order valence-electron chi connectivity index (χ4n) is 4.57. The van der Waals surface area contributed by atoms with E-state index in [4.69, 9.17) is 4.74 Å². The standard InChI is InChI=1S/C23H36N2O2/c1-3-4-6-18-8-10-19(11-9-18)23(26)24-20-12-14-21(15-13-20)25-16-5-7-22(17-25)27-2/h12-15,18-19,22H,3-11,16-17H2,1-2H3,(H,24,26). The van der Waals surface area contributed by atoms with Crippen LogP contribution in [0.25, 0.3) is 0 Å². The molecular weight excluding hydrogens is 336 g/mol. The molecule has 1 aliphatic carbocycles. The zero-order chi connectivity index (χ0) is 19.1. The molecule has 0 aromatic heterocycles. The predicted octanol–water partition coefficient (Wildman–Crippen LogP) is 5.24. The van der Waals surface area contributed by atoms with Crippen LogP contribution in [0.4, 0.5) is 11.4 Å². The quantitative estimate of drug-likeness (QED) is 0.712. The second-order valence-corrected chi connectivity index (χ2v) is 8.34. The number of amides is 1. The molecule has 1 aromatic rings. The summed E-state index contributed by atoms with van der Waals surface area (Å²) < 4.78 is 5.52. The van der Waals surface area contributed by atoms with Crippen molar-refractivity contribution in [2.45, 2.75) is 70.8 Å². The van der Waals surface area contributed by atoms with E-state index < -0.39 is 0 Å². The summed E-state index contributed by atoms with van der Waals surface area (Å²) >= 11 is 0. The third kappa shape index (κ3) is 5.71. The van der Waals surface area contributed by atoms with E-state index >= 15 is 0 Å². The van der Waals surface area contributed by atoms with Gasteiger partial charge in [0.2, 0.25) is 5.91 Å². The largest absolute Gasteiger partial charge is 0.380 e. The minimum atomic E-state index is 0.187. The van der Waals surface area contributed by atoms with Gasteiger partial charge in [-0.05, 0) is 68.7 Å². The highest BCUT2D eigenvalue weighted by Crippen LogP contribution is 2.32. The lowest BCUT2D eigenvalue weighted by Crippen LogP contribution is -2.39. The van der Waals surface area contributed by atoms with Gasteiger partial charge >= 0.3 is 0 Å². The Labute approximate surface area is 164 Å². The number of ether oxygens (including phenoxy) is 1. The summed E-state index contributed by atoms with van der Waals surface area (Å²) in [5, 5.41) is 3.14. The monoisotopic (exact) mass is 372 g/mol. The summed E-state index contributed by atoms with van der Waals surface area (Å²) in [6, 6.07) is 8.32. The Morgan fingerprint density at radius 1 is 1.15 bits per heavy atom. The number of hydrogen-bond acceptors (Lipinski definition) is 3. The molecule has 27 heavy (non-hydrogen) atoms. The normalized spacial score (nSPS) is 26.0. The lowest BCUT2D eigenvalue weighted by atomic mass is 9.79. The predicted molar refractivity (Wildman–Crippen MR) is 112 cm³/mol. The first kappa shape index (κ1) is 20.2. The molecule has 150 valence electrons. The van der Waals surface area contributed by atoms with Crippen molar-refractivity contribution in [3.63, 3.8) is 0 Å². The van der Waals surface area contributed by atoms with E-state index in [1.54, 1.807) is 7.11 Å². The third-order valence-electron chi connectivity index (χ3n) is 6.39. The number of anilines is 2. The molecule has 1 aromatic carbocycles. The van der Waals surface area contributed by atoms with Crippen LogP contribution in [0.2, 0.25) is 0 Å². The van der Waals surface area contributed by atoms with Gasteiger partial charge in [-0.1, -0.05) is 26.2 Å². The number of benzene rings is 1. The van der Waals surface area contributed by atoms with Crippen LogP contribution in [-0.2, 0) is 9.53 Å². The number of nitrogens with one attached hydrogen (secondary N) is 1. The molecule has 1 amide bonds. The van der Waals surface area contributed by atoms with Crippen LogP contribution in [0.3, 0.4) is 0 Å². The van der Waals surface area contributed by atoms with Gasteiger partial charge in [0.25, 0.3) is 0 Å². The first-order valence-corrected chi connectivity index (χ1v) is 10.9. The van der Waals surface area contributed by atoms with Gasteiger partial charge < -0.3 is 15.0 Å². The van der Waals surface area contributed by atoms with Crippen molar-refractivity contribution in [3.8, 4) is 0 Å². The number of carbonyl (C=O) groups is 1. The average Bonchev–Trinajstić information content (AvgIpc) is 2.73. The number of nitrogens with zero attached hydrogens (tertiary/aromatic N) is 1. The number of methoxy groups -OCH3 is 1. The van der Waals surface area contributed by atoms with Crippen LogP contribution in [-0.4, -0.2) is 32.2 Å². The topological polar surface area (TPSA) is 41.6 Å². The Hall–Kier alpha value is -1.55. The van der Waals surface area contributed by atoms with Gasteiger partial charge in [-0.2, -0.15) is 0 Å². The molecule has 1 N–H and O–H groups in total. The van der Waals surface area contributed by atoms with E-state index in [1.165, 1.54) is 37.8 Å². The highest BCUT2D eigenvalue weighted by atomic mass is 16.5. The zero-order valence-corrected chi connectivity index (χ0v) is 17.1. The Kier molecular flexibility index (Phi) is 7.57. The molecule has 0 bridgehead atoms. The van der Waals surface area contributed by atoms with Gasteiger partial charge in [0.05, 0.1) is 6.10 Å². The second-order valence-electron chi connectivity index (χ2n) is 8.34. The summed E-state index contributed by atoms with van der Waals surface area (Å²) in [6.45, 7) is 4.28. The fraction of sp³-hybridized carbons (Fsp3) is 0.696. The maximum atomic E-state index is 12.6. The molecule has 4 nitrogen and oxygen atoms in total. The van der Waals surface area contributed by atoms with Crippen molar-refractivity contribution < 1.29 is 9.53 Å².